The van der Waals surface area contributed by atoms with Crippen LogP contribution in [-0.2, 0) is 9.59 Å². The van der Waals surface area contributed by atoms with E-state index in [0.717, 1.165) is 0 Å². The number of carbonyl (C=O) groups is 2. The molecule has 1 aliphatic heterocycles. The van der Waals surface area contributed by atoms with Crippen LogP contribution in [0.1, 0.15) is 5.56 Å². The average molecular weight is 217 g/mol. The number of amides is 2. The maximum Gasteiger partial charge on any atom is 0.246 e. The third kappa shape index (κ3) is 1.81. The van der Waals surface area contributed by atoms with Gasteiger partial charge in [-0.05, 0) is 6.07 Å². The minimum Gasteiger partial charge on any atom is -0.335 e. The molecule has 7 heteroatoms. The van der Waals surface area contributed by atoms with Gasteiger partial charge in [0.1, 0.15) is 6.07 Å². The number of imide groups is 1. The number of carbonyl (C=O) groups excluding carboxylic acids is 2. The van der Waals surface area contributed by atoms with Crippen molar-refractivity contribution in [1.82, 2.24) is 15.5 Å². The Morgan fingerprint density at radius 1 is 1.38 bits per heavy atom. The summed E-state index contributed by atoms with van der Waals surface area (Å²) >= 11 is 0. The van der Waals surface area contributed by atoms with Crippen molar-refractivity contribution >= 4 is 17.6 Å². The molecule has 80 valence electrons. The van der Waals surface area contributed by atoms with E-state index >= 15 is 0 Å². The van der Waals surface area contributed by atoms with Crippen molar-refractivity contribution in [1.29, 1.82) is 5.26 Å². The van der Waals surface area contributed by atoms with Crippen molar-refractivity contribution in [3.8, 4) is 6.07 Å². The first-order valence-electron chi connectivity index (χ1n) is 4.50. The van der Waals surface area contributed by atoms with Gasteiger partial charge in [-0.2, -0.15) is 10.4 Å². The molecule has 0 bridgehead atoms. The van der Waals surface area contributed by atoms with Gasteiger partial charge in [-0.3, -0.25) is 14.9 Å². The Bertz CT molecular complexity index is 477. The quantitative estimate of drug-likeness (QED) is 0.594. The number of rotatable bonds is 1. The molecule has 1 aliphatic rings. The Balaban J connectivity index is 2.33. The molecule has 1 aromatic rings. The number of nitriles is 1. The Labute approximate surface area is 90.7 Å². The van der Waals surface area contributed by atoms with Crippen molar-refractivity contribution in [3.05, 3.63) is 17.8 Å². The molecule has 0 radical (unpaired) electrons. The number of nitrogens with one attached hydrogen (secondary N) is 1. The minimum absolute atomic E-state index is 0.000880. The molecule has 0 unspecified atom stereocenters. The first-order valence-corrected chi connectivity index (χ1v) is 4.50. The molecule has 0 aliphatic carbocycles. The maximum atomic E-state index is 11.2. The number of hydrogen-bond donors (Lipinski definition) is 1. The van der Waals surface area contributed by atoms with Gasteiger partial charge in [0.05, 0.1) is 24.8 Å². The van der Waals surface area contributed by atoms with Crippen LogP contribution in [0.3, 0.4) is 0 Å². The fourth-order valence-electron chi connectivity index (χ4n) is 1.43. The standard InChI is InChI=1S/C9H7N5O2/c10-3-6-1-2-11-13-9(6)14-4-7(15)12-8(16)5-14/h1-2H,4-5H2,(H,12,15,16). The van der Waals surface area contributed by atoms with Crippen LogP contribution in [0.2, 0.25) is 0 Å². The lowest BCUT2D eigenvalue weighted by Gasteiger charge is -2.26. The van der Waals surface area contributed by atoms with E-state index in [-0.39, 0.29) is 24.5 Å². The minimum atomic E-state index is -0.411. The summed E-state index contributed by atoms with van der Waals surface area (Å²) in [5.41, 5.74) is 0.289. The molecule has 1 fully saturated rings. The van der Waals surface area contributed by atoms with Crippen molar-refractivity contribution in [3.63, 3.8) is 0 Å². The monoisotopic (exact) mass is 217 g/mol. The van der Waals surface area contributed by atoms with E-state index in [2.05, 4.69) is 15.5 Å². The van der Waals surface area contributed by atoms with Gasteiger partial charge in [0, 0.05) is 0 Å². The van der Waals surface area contributed by atoms with E-state index in [4.69, 9.17) is 5.26 Å². The number of anilines is 1. The van der Waals surface area contributed by atoms with E-state index in [9.17, 15) is 9.59 Å². The molecule has 1 N–H and O–H groups in total. The fraction of sp³-hybridized carbons (Fsp3) is 0.222. The van der Waals surface area contributed by atoms with E-state index in [1.165, 1.54) is 17.2 Å². The molecule has 0 saturated carbocycles. The first kappa shape index (κ1) is 10.0. The summed E-state index contributed by atoms with van der Waals surface area (Å²) in [4.78, 5) is 23.7. The van der Waals surface area contributed by atoms with Gasteiger partial charge in [0.2, 0.25) is 11.8 Å². The van der Waals surface area contributed by atoms with Crippen molar-refractivity contribution in [2.24, 2.45) is 0 Å². The summed E-state index contributed by atoms with van der Waals surface area (Å²) in [5, 5.41) is 18.4. The Kier molecular flexibility index (Phi) is 2.47. The molecule has 1 aromatic heterocycles. The molecule has 0 spiro atoms. The van der Waals surface area contributed by atoms with Crippen LogP contribution < -0.4 is 10.2 Å². The summed E-state index contributed by atoms with van der Waals surface area (Å²) in [6.45, 7) is -0.00176. The van der Waals surface area contributed by atoms with Gasteiger partial charge in [0.15, 0.2) is 5.82 Å². The lowest BCUT2D eigenvalue weighted by molar-refractivity contribution is -0.130. The van der Waals surface area contributed by atoms with Gasteiger partial charge in [-0.1, -0.05) is 0 Å². The Morgan fingerprint density at radius 3 is 2.69 bits per heavy atom. The van der Waals surface area contributed by atoms with E-state index in [1.807, 2.05) is 6.07 Å². The molecule has 2 heterocycles. The number of aromatic nitrogens is 2. The first-order chi connectivity index (χ1) is 7.70. The summed E-state index contributed by atoms with van der Waals surface area (Å²) in [6, 6.07) is 3.42. The predicted molar refractivity (Wildman–Crippen MR) is 52.1 cm³/mol. The van der Waals surface area contributed by atoms with Crippen LogP contribution in [-0.4, -0.2) is 35.1 Å². The molecule has 7 nitrogen and oxygen atoms in total. The summed E-state index contributed by atoms with van der Waals surface area (Å²) in [5.74, 6) is -0.565. The smallest absolute Gasteiger partial charge is 0.246 e. The van der Waals surface area contributed by atoms with Gasteiger partial charge >= 0.3 is 0 Å². The second-order valence-corrected chi connectivity index (χ2v) is 3.21. The number of piperazine rings is 1. The van der Waals surface area contributed by atoms with Crippen molar-refractivity contribution in [2.75, 3.05) is 18.0 Å². The van der Waals surface area contributed by atoms with E-state index in [0.29, 0.717) is 0 Å². The SMILES string of the molecule is N#Cc1ccnnc1N1CC(=O)NC(=O)C1. The third-order valence-electron chi connectivity index (χ3n) is 2.07. The van der Waals surface area contributed by atoms with Crippen LogP contribution in [0.5, 0.6) is 0 Å². The molecule has 1 saturated heterocycles. The van der Waals surface area contributed by atoms with E-state index < -0.39 is 11.8 Å². The lowest BCUT2D eigenvalue weighted by Crippen LogP contribution is -2.52. The zero-order valence-corrected chi connectivity index (χ0v) is 8.17. The van der Waals surface area contributed by atoms with Crippen LogP contribution in [0.25, 0.3) is 0 Å². The zero-order chi connectivity index (χ0) is 11.5. The van der Waals surface area contributed by atoms with Gasteiger partial charge in [-0.25, -0.2) is 0 Å². The van der Waals surface area contributed by atoms with Crippen molar-refractivity contribution < 1.29 is 9.59 Å². The van der Waals surface area contributed by atoms with Crippen LogP contribution >= 0.6 is 0 Å². The maximum absolute atomic E-state index is 11.2. The van der Waals surface area contributed by atoms with Gasteiger partial charge in [0.25, 0.3) is 0 Å². The summed E-state index contributed by atoms with van der Waals surface area (Å²) in [7, 11) is 0. The molecule has 2 amide bonds. The van der Waals surface area contributed by atoms with Crippen LogP contribution in [0.15, 0.2) is 12.3 Å². The fourth-order valence-corrected chi connectivity index (χ4v) is 1.43. The second kappa shape index (κ2) is 3.94. The second-order valence-electron chi connectivity index (χ2n) is 3.21. The van der Waals surface area contributed by atoms with Gasteiger partial charge in [-0.15, -0.1) is 5.10 Å². The highest BCUT2D eigenvalue weighted by Crippen LogP contribution is 2.15. The predicted octanol–water partition coefficient (Wildman–Crippen LogP) is -1.19. The number of nitrogens with zero attached hydrogens (tertiary/aromatic N) is 4. The van der Waals surface area contributed by atoms with Crippen LogP contribution in [0.4, 0.5) is 5.82 Å². The Hall–Kier alpha value is -2.49. The zero-order valence-electron chi connectivity index (χ0n) is 8.17. The van der Waals surface area contributed by atoms with Crippen LogP contribution in [0, 0.1) is 11.3 Å². The molecule has 16 heavy (non-hydrogen) atoms. The molecule has 2 rings (SSSR count). The molecular formula is C9H7N5O2. The Morgan fingerprint density at radius 2 is 2.06 bits per heavy atom. The normalized spacial score (nSPS) is 15.6. The highest BCUT2D eigenvalue weighted by atomic mass is 16.2. The van der Waals surface area contributed by atoms with Gasteiger partial charge < -0.3 is 4.90 Å². The molecule has 0 atom stereocenters. The lowest BCUT2D eigenvalue weighted by atomic mass is 10.2. The highest BCUT2D eigenvalue weighted by Gasteiger charge is 2.25. The van der Waals surface area contributed by atoms with Crippen molar-refractivity contribution in [2.45, 2.75) is 0 Å². The largest absolute Gasteiger partial charge is 0.335 e. The summed E-state index contributed by atoms with van der Waals surface area (Å²) < 4.78 is 0. The topological polar surface area (TPSA) is 99.0 Å². The van der Waals surface area contributed by atoms with E-state index in [1.54, 1.807) is 0 Å². The molecule has 0 aromatic carbocycles. The highest BCUT2D eigenvalue weighted by molar-refractivity contribution is 6.02. The molecular weight excluding hydrogens is 210 g/mol. The summed E-state index contributed by atoms with van der Waals surface area (Å²) in [6.07, 6.45) is 1.38. The number of hydrogen-bond acceptors (Lipinski definition) is 6. The average Bonchev–Trinajstić information content (AvgIpc) is 2.27. The third-order valence-corrected chi connectivity index (χ3v) is 2.07.